The molecule has 0 N–H and O–H groups in total. The third-order valence-corrected chi connectivity index (χ3v) is 5.41. The van der Waals surface area contributed by atoms with Crippen LogP contribution in [0.5, 0.6) is 0 Å². The second-order valence-corrected chi connectivity index (χ2v) is 7.28. The molecule has 0 fully saturated rings. The number of hydrogen-bond donors (Lipinski definition) is 0. The average Bonchev–Trinajstić information content (AvgIpc) is 2.46. The van der Waals surface area contributed by atoms with Gasteiger partial charge in [-0.15, -0.1) is 0 Å². The molecule has 0 heterocycles. The lowest BCUT2D eigenvalue weighted by molar-refractivity contribution is -0.422. The van der Waals surface area contributed by atoms with Crippen LogP contribution in [0.2, 0.25) is 5.02 Å². The summed E-state index contributed by atoms with van der Waals surface area (Å²) in [5, 5.41) is 22.0. The van der Waals surface area contributed by atoms with Crippen molar-refractivity contribution in [1.29, 1.82) is 0 Å². The summed E-state index contributed by atoms with van der Waals surface area (Å²) in [5.74, 6) is 1.98. The first-order valence-electron chi connectivity index (χ1n) is 5.90. The first-order valence-corrected chi connectivity index (χ1v) is 11.0. The van der Waals surface area contributed by atoms with E-state index in [2.05, 4.69) is 21.2 Å². The topological polar surface area (TPSA) is 86.3 Å². The van der Waals surface area contributed by atoms with E-state index in [9.17, 15) is 20.2 Å². The predicted octanol–water partition coefficient (Wildman–Crippen LogP) is 5.50. The Hall–Kier alpha value is -0.260. The van der Waals surface area contributed by atoms with E-state index in [0.29, 0.717) is 0 Å². The molecule has 118 valence electrons. The van der Waals surface area contributed by atoms with Gasteiger partial charge in [0.2, 0.25) is 0 Å². The maximum absolute atomic E-state index is 11.0. The fourth-order valence-electron chi connectivity index (χ4n) is 1.35. The molecular formula is C11H14ClIN2O4S2. The molecule has 10 heteroatoms. The Morgan fingerprint density at radius 2 is 1.81 bits per heavy atom. The summed E-state index contributed by atoms with van der Waals surface area (Å²) in [7, 11) is 1.63. The molecule has 0 aromatic heterocycles. The Labute approximate surface area is 148 Å². The van der Waals surface area contributed by atoms with Crippen molar-refractivity contribution in [1.82, 2.24) is 0 Å². The highest BCUT2D eigenvalue weighted by molar-refractivity contribution is 14.2. The van der Waals surface area contributed by atoms with Gasteiger partial charge < -0.3 is 0 Å². The van der Waals surface area contributed by atoms with E-state index in [1.165, 1.54) is 17.8 Å². The van der Waals surface area contributed by atoms with E-state index >= 15 is 0 Å². The second kappa shape index (κ2) is 11.3. The van der Waals surface area contributed by atoms with Gasteiger partial charge in [-0.3, -0.25) is 20.2 Å². The average molecular weight is 465 g/mol. The van der Waals surface area contributed by atoms with Crippen LogP contribution in [0.15, 0.2) is 12.1 Å². The maximum Gasteiger partial charge on any atom is 0.351 e. The number of nitro benzene ring substituents is 2. The van der Waals surface area contributed by atoms with Crippen molar-refractivity contribution >= 4 is 64.9 Å². The van der Waals surface area contributed by atoms with Crippen LogP contribution in [-0.2, 0) is 5.75 Å². The first-order chi connectivity index (χ1) is 9.99. The van der Waals surface area contributed by atoms with Crippen LogP contribution in [0.3, 0.4) is 0 Å². The fourth-order valence-corrected chi connectivity index (χ4v) is 4.63. The van der Waals surface area contributed by atoms with Crippen molar-refractivity contribution in [2.45, 2.75) is 19.6 Å². The number of benzene rings is 1. The van der Waals surface area contributed by atoms with Gasteiger partial charge in [0.25, 0.3) is 0 Å². The zero-order valence-electron chi connectivity index (χ0n) is 11.4. The van der Waals surface area contributed by atoms with Gasteiger partial charge in [0.05, 0.1) is 20.4 Å². The quantitative estimate of drug-likeness (QED) is 0.229. The van der Waals surface area contributed by atoms with Gasteiger partial charge in [-0.25, -0.2) is 0 Å². The zero-order chi connectivity index (χ0) is 16.4. The van der Waals surface area contributed by atoms with Crippen molar-refractivity contribution < 1.29 is 9.85 Å². The number of nitrogens with zero attached hydrogens (tertiary/aromatic N) is 2. The molecule has 0 bridgehead atoms. The van der Waals surface area contributed by atoms with E-state index < -0.39 is 21.2 Å². The molecule has 0 aliphatic rings. The van der Waals surface area contributed by atoms with E-state index in [1.807, 2.05) is 13.8 Å². The summed E-state index contributed by atoms with van der Waals surface area (Å²) in [6.45, 7) is 4.00. The highest BCUT2D eigenvalue weighted by Crippen LogP contribution is 2.37. The number of nitro groups is 2. The molecule has 0 saturated carbocycles. The van der Waals surface area contributed by atoms with Crippen LogP contribution < -0.4 is 0 Å². The Morgan fingerprint density at radius 1 is 1.19 bits per heavy atom. The second-order valence-electron chi connectivity index (χ2n) is 3.27. The molecule has 0 aliphatic heterocycles. The molecule has 21 heavy (non-hydrogen) atoms. The Morgan fingerprint density at radius 3 is 2.29 bits per heavy atom. The number of rotatable bonds is 7. The number of thioether (sulfide) groups is 1. The minimum Gasteiger partial charge on any atom is -0.258 e. The van der Waals surface area contributed by atoms with E-state index in [1.54, 1.807) is 8.93 Å². The lowest BCUT2D eigenvalue weighted by Gasteiger charge is -2.05. The van der Waals surface area contributed by atoms with Gasteiger partial charge in [0.1, 0.15) is 0 Å². The van der Waals surface area contributed by atoms with Crippen molar-refractivity contribution in [3.8, 4) is 0 Å². The SMILES string of the molecule is CC.O=[N+]([O-])c1ccc(Cl)c(CSCCSI)c1[N+](=O)[O-]. The summed E-state index contributed by atoms with van der Waals surface area (Å²) in [6, 6.07) is 2.39. The minimum absolute atomic E-state index is 0.187. The molecule has 0 unspecified atom stereocenters. The fraction of sp³-hybridized carbons (Fsp3) is 0.455. The molecule has 0 radical (unpaired) electrons. The lowest BCUT2D eigenvalue weighted by atomic mass is 10.1. The van der Waals surface area contributed by atoms with E-state index in [-0.39, 0.29) is 16.3 Å². The van der Waals surface area contributed by atoms with Gasteiger partial charge in [0, 0.05) is 23.3 Å². The number of halogens is 2. The Balaban J connectivity index is 0.00000191. The molecule has 1 aromatic carbocycles. The van der Waals surface area contributed by atoms with Gasteiger partial charge >= 0.3 is 11.4 Å². The van der Waals surface area contributed by atoms with Gasteiger partial charge in [-0.1, -0.05) is 34.4 Å². The Bertz CT molecular complexity index is 505. The standard InChI is InChI=1S/C9H8ClIN2O4S2.C2H6/c10-7-1-2-8(12(14)15)9(13(16)17)6(7)5-18-3-4-19-11;1-2/h1-2H,3-5H2;1-2H3. The minimum atomic E-state index is -0.761. The highest BCUT2D eigenvalue weighted by atomic mass is 127. The van der Waals surface area contributed by atoms with Crippen LogP contribution in [0, 0.1) is 20.2 Å². The lowest BCUT2D eigenvalue weighted by Crippen LogP contribution is -2.01. The highest BCUT2D eigenvalue weighted by Gasteiger charge is 2.30. The third kappa shape index (κ3) is 6.57. The molecule has 0 spiro atoms. The van der Waals surface area contributed by atoms with Crippen LogP contribution >= 0.6 is 53.5 Å². The summed E-state index contributed by atoms with van der Waals surface area (Å²) >= 11 is 9.54. The molecule has 0 aliphatic carbocycles. The molecule has 0 atom stereocenters. The van der Waals surface area contributed by atoms with Crippen molar-refractivity contribution in [2.24, 2.45) is 0 Å². The predicted molar refractivity (Wildman–Crippen MR) is 98.7 cm³/mol. The van der Waals surface area contributed by atoms with Gasteiger partial charge in [-0.05, 0) is 27.3 Å². The third-order valence-electron chi connectivity index (χ3n) is 2.13. The van der Waals surface area contributed by atoms with Gasteiger partial charge in [-0.2, -0.15) is 11.8 Å². The Kier molecular flexibility index (Phi) is 11.2. The van der Waals surface area contributed by atoms with E-state index in [4.69, 9.17) is 11.6 Å². The van der Waals surface area contributed by atoms with Crippen molar-refractivity contribution in [3.05, 3.63) is 42.9 Å². The van der Waals surface area contributed by atoms with Crippen LogP contribution in [0.25, 0.3) is 0 Å². The normalized spacial score (nSPS) is 9.71. The van der Waals surface area contributed by atoms with Crippen LogP contribution in [0.4, 0.5) is 11.4 Å². The largest absolute Gasteiger partial charge is 0.351 e. The summed E-state index contributed by atoms with van der Waals surface area (Å²) < 4.78 is 0. The summed E-state index contributed by atoms with van der Waals surface area (Å²) in [4.78, 5) is 20.3. The van der Waals surface area contributed by atoms with Gasteiger partial charge in [0.15, 0.2) is 0 Å². The molecule has 1 rings (SSSR count). The monoisotopic (exact) mass is 464 g/mol. The molecule has 0 amide bonds. The summed E-state index contributed by atoms with van der Waals surface area (Å²) in [5.41, 5.74) is -0.815. The molecular weight excluding hydrogens is 451 g/mol. The van der Waals surface area contributed by atoms with Crippen LogP contribution in [0.1, 0.15) is 19.4 Å². The molecule has 0 saturated heterocycles. The van der Waals surface area contributed by atoms with Crippen molar-refractivity contribution in [2.75, 3.05) is 11.5 Å². The molecule has 1 aromatic rings. The smallest absolute Gasteiger partial charge is 0.258 e. The maximum atomic E-state index is 11.0. The molecule has 6 nitrogen and oxygen atoms in total. The van der Waals surface area contributed by atoms with Crippen LogP contribution in [-0.4, -0.2) is 21.4 Å². The first kappa shape index (κ1) is 20.7. The van der Waals surface area contributed by atoms with Crippen molar-refractivity contribution in [3.63, 3.8) is 0 Å². The zero-order valence-corrected chi connectivity index (χ0v) is 15.9. The van der Waals surface area contributed by atoms with E-state index in [0.717, 1.165) is 17.6 Å². The number of hydrogen-bond acceptors (Lipinski definition) is 6. The summed E-state index contributed by atoms with van der Waals surface area (Å²) in [6.07, 6.45) is 0.